The van der Waals surface area contributed by atoms with Crippen LogP contribution in [0.2, 0.25) is 0 Å². The molecule has 0 bridgehead atoms. The Morgan fingerprint density at radius 3 is 2.57 bits per heavy atom. The van der Waals surface area contributed by atoms with Crippen LogP contribution in [-0.2, 0) is 16.1 Å². The Morgan fingerprint density at radius 1 is 1.35 bits per heavy atom. The van der Waals surface area contributed by atoms with Crippen molar-refractivity contribution in [3.8, 4) is 0 Å². The summed E-state index contributed by atoms with van der Waals surface area (Å²) in [4.78, 5) is 24.8. The minimum absolute atomic E-state index is 0. The molecule has 1 atom stereocenters. The molecule has 0 aliphatic rings. The first kappa shape index (κ1) is 21.3. The molecule has 0 heterocycles. The van der Waals surface area contributed by atoms with Gasteiger partial charge in [-0.25, -0.2) is 4.39 Å². The Labute approximate surface area is 142 Å². The van der Waals surface area contributed by atoms with Gasteiger partial charge in [-0.3, -0.25) is 14.9 Å². The Hall–Kier alpha value is -1.66. The van der Waals surface area contributed by atoms with Crippen molar-refractivity contribution >= 4 is 24.3 Å². The van der Waals surface area contributed by atoms with Crippen molar-refractivity contribution < 1.29 is 19.1 Å². The Bertz CT molecular complexity index is 514. The van der Waals surface area contributed by atoms with Crippen molar-refractivity contribution in [1.29, 1.82) is 0 Å². The van der Waals surface area contributed by atoms with E-state index >= 15 is 0 Å². The number of halogens is 2. The van der Waals surface area contributed by atoms with Gasteiger partial charge in [0, 0.05) is 13.1 Å². The zero-order chi connectivity index (χ0) is 16.5. The molecule has 5 nitrogen and oxygen atoms in total. The topological polar surface area (TPSA) is 69.6 Å². The minimum Gasteiger partial charge on any atom is -0.480 e. The van der Waals surface area contributed by atoms with Crippen LogP contribution in [0.5, 0.6) is 0 Å². The van der Waals surface area contributed by atoms with Crippen molar-refractivity contribution in [2.75, 3.05) is 13.1 Å². The molecule has 1 aromatic rings. The lowest BCUT2D eigenvalue weighted by Crippen LogP contribution is -2.44. The van der Waals surface area contributed by atoms with Gasteiger partial charge in [-0.2, -0.15) is 0 Å². The summed E-state index contributed by atoms with van der Waals surface area (Å²) < 4.78 is 13.2. The van der Waals surface area contributed by atoms with Crippen LogP contribution in [-0.4, -0.2) is 41.0 Å². The molecular formula is C16H24ClFN2O3. The second kappa shape index (κ2) is 11.0. The zero-order valence-corrected chi connectivity index (χ0v) is 14.2. The van der Waals surface area contributed by atoms with E-state index in [2.05, 4.69) is 5.32 Å². The number of rotatable bonds is 9. The number of carbonyl (C=O) groups is 2. The molecule has 0 aliphatic carbocycles. The fourth-order valence-corrected chi connectivity index (χ4v) is 2.16. The summed E-state index contributed by atoms with van der Waals surface area (Å²) in [5, 5.41) is 11.8. The highest BCUT2D eigenvalue weighted by atomic mass is 35.5. The molecule has 130 valence electrons. The zero-order valence-electron chi connectivity index (χ0n) is 13.4. The molecule has 0 saturated heterocycles. The van der Waals surface area contributed by atoms with E-state index in [1.807, 2.05) is 13.8 Å². The monoisotopic (exact) mass is 346 g/mol. The first-order valence-corrected chi connectivity index (χ1v) is 7.46. The quantitative estimate of drug-likeness (QED) is 0.720. The summed E-state index contributed by atoms with van der Waals surface area (Å²) in [6, 6.07) is 5.38. The third-order valence-electron chi connectivity index (χ3n) is 3.37. The second-order valence-electron chi connectivity index (χ2n) is 5.10. The van der Waals surface area contributed by atoms with Crippen molar-refractivity contribution in [1.82, 2.24) is 10.2 Å². The first-order chi connectivity index (χ1) is 10.5. The SMILES string of the molecule is CCCC(NCC(=O)N(CC)Cc1cccc(F)c1)C(=O)O.Cl. The molecule has 0 fully saturated rings. The molecule has 1 aromatic carbocycles. The number of hydrogen-bond donors (Lipinski definition) is 2. The number of likely N-dealkylation sites (N-methyl/N-ethyl adjacent to an activating group) is 1. The Balaban J connectivity index is 0.00000484. The maximum absolute atomic E-state index is 13.2. The molecule has 2 N–H and O–H groups in total. The highest BCUT2D eigenvalue weighted by Crippen LogP contribution is 2.07. The number of carboxylic acid groups (broad SMARTS) is 1. The van der Waals surface area contributed by atoms with Gasteiger partial charge in [0.25, 0.3) is 0 Å². The molecule has 0 aliphatic heterocycles. The summed E-state index contributed by atoms with van der Waals surface area (Å²) in [6.07, 6.45) is 1.19. The van der Waals surface area contributed by atoms with Gasteiger partial charge >= 0.3 is 5.97 Å². The number of nitrogens with one attached hydrogen (secondary N) is 1. The van der Waals surface area contributed by atoms with Gasteiger partial charge in [0.15, 0.2) is 0 Å². The number of carboxylic acids is 1. The first-order valence-electron chi connectivity index (χ1n) is 7.46. The third-order valence-corrected chi connectivity index (χ3v) is 3.37. The van der Waals surface area contributed by atoms with Crippen molar-refractivity contribution in [3.05, 3.63) is 35.6 Å². The lowest BCUT2D eigenvalue weighted by molar-refractivity contribution is -0.140. The summed E-state index contributed by atoms with van der Waals surface area (Å²) in [5.41, 5.74) is 0.707. The fourth-order valence-electron chi connectivity index (χ4n) is 2.16. The summed E-state index contributed by atoms with van der Waals surface area (Å²) in [7, 11) is 0. The summed E-state index contributed by atoms with van der Waals surface area (Å²) in [6.45, 7) is 4.46. The lowest BCUT2D eigenvalue weighted by Gasteiger charge is -2.22. The van der Waals surface area contributed by atoms with E-state index in [1.54, 1.807) is 17.0 Å². The van der Waals surface area contributed by atoms with Gasteiger partial charge < -0.3 is 10.0 Å². The van der Waals surface area contributed by atoms with Gasteiger partial charge in [-0.15, -0.1) is 12.4 Å². The fraction of sp³-hybridized carbons (Fsp3) is 0.500. The van der Waals surface area contributed by atoms with E-state index in [0.29, 0.717) is 25.1 Å². The van der Waals surface area contributed by atoms with E-state index in [0.717, 1.165) is 6.42 Å². The number of amides is 1. The van der Waals surface area contributed by atoms with Crippen LogP contribution < -0.4 is 5.32 Å². The van der Waals surface area contributed by atoms with Crippen molar-refractivity contribution in [3.63, 3.8) is 0 Å². The summed E-state index contributed by atoms with van der Waals surface area (Å²) in [5.74, 6) is -1.50. The minimum atomic E-state index is -0.956. The Morgan fingerprint density at radius 2 is 2.04 bits per heavy atom. The van der Waals surface area contributed by atoms with Gasteiger partial charge in [-0.05, 0) is 31.0 Å². The highest BCUT2D eigenvalue weighted by molar-refractivity contribution is 5.85. The second-order valence-corrected chi connectivity index (χ2v) is 5.10. The average molecular weight is 347 g/mol. The van der Waals surface area contributed by atoms with Crippen LogP contribution in [0, 0.1) is 5.82 Å². The molecule has 0 saturated carbocycles. The molecule has 1 unspecified atom stereocenters. The van der Waals surface area contributed by atoms with Crippen LogP contribution in [0.1, 0.15) is 32.3 Å². The van der Waals surface area contributed by atoms with Gasteiger partial charge in [0.05, 0.1) is 6.54 Å². The maximum atomic E-state index is 13.2. The predicted octanol–water partition coefficient (Wildman–Crippen LogP) is 2.44. The van der Waals surface area contributed by atoms with Crippen molar-refractivity contribution in [2.24, 2.45) is 0 Å². The van der Waals surface area contributed by atoms with Crippen LogP contribution in [0.15, 0.2) is 24.3 Å². The van der Waals surface area contributed by atoms with E-state index in [4.69, 9.17) is 5.11 Å². The van der Waals surface area contributed by atoms with E-state index < -0.39 is 12.0 Å². The number of aliphatic carboxylic acids is 1. The predicted molar refractivity (Wildman–Crippen MR) is 89.1 cm³/mol. The van der Waals surface area contributed by atoms with Crippen LogP contribution in [0.4, 0.5) is 4.39 Å². The molecule has 0 aromatic heterocycles. The maximum Gasteiger partial charge on any atom is 0.320 e. The van der Waals surface area contributed by atoms with Crippen molar-refractivity contribution in [2.45, 2.75) is 39.3 Å². The molecule has 7 heteroatoms. The highest BCUT2D eigenvalue weighted by Gasteiger charge is 2.19. The molecule has 1 rings (SSSR count). The van der Waals surface area contributed by atoms with Crippen LogP contribution in [0.25, 0.3) is 0 Å². The normalized spacial score (nSPS) is 11.4. The smallest absolute Gasteiger partial charge is 0.320 e. The van der Waals surface area contributed by atoms with E-state index in [-0.39, 0.29) is 30.7 Å². The number of benzene rings is 1. The van der Waals surface area contributed by atoms with Crippen LogP contribution in [0.3, 0.4) is 0 Å². The standard InChI is InChI=1S/C16H23FN2O3.ClH/c1-3-6-14(16(21)22)18-10-15(20)19(4-2)11-12-7-5-8-13(17)9-12;/h5,7-9,14,18H,3-4,6,10-11H2,1-2H3,(H,21,22);1H. The molecular weight excluding hydrogens is 323 g/mol. The summed E-state index contributed by atoms with van der Waals surface area (Å²) >= 11 is 0. The number of nitrogens with zero attached hydrogens (tertiary/aromatic N) is 1. The lowest BCUT2D eigenvalue weighted by atomic mass is 10.1. The number of carbonyl (C=O) groups excluding carboxylic acids is 1. The van der Waals surface area contributed by atoms with E-state index in [9.17, 15) is 14.0 Å². The largest absolute Gasteiger partial charge is 0.480 e. The van der Waals surface area contributed by atoms with E-state index in [1.165, 1.54) is 12.1 Å². The average Bonchev–Trinajstić information content (AvgIpc) is 2.48. The molecule has 0 spiro atoms. The van der Waals surface area contributed by atoms with Crippen LogP contribution >= 0.6 is 12.4 Å². The Kier molecular flexibility index (Phi) is 10.2. The van der Waals surface area contributed by atoms with Gasteiger partial charge in [-0.1, -0.05) is 25.5 Å². The molecule has 1 amide bonds. The number of hydrogen-bond acceptors (Lipinski definition) is 3. The van der Waals surface area contributed by atoms with Gasteiger partial charge in [0.2, 0.25) is 5.91 Å². The third kappa shape index (κ3) is 7.43. The molecule has 0 radical (unpaired) electrons. The van der Waals surface area contributed by atoms with Gasteiger partial charge in [0.1, 0.15) is 11.9 Å². The molecule has 23 heavy (non-hydrogen) atoms.